The molecular weight excluding hydrogens is 230 g/mol. The van der Waals surface area contributed by atoms with E-state index in [1.807, 2.05) is 0 Å². The van der Waals surface area contributed by atoms with Crippen molar-refractivity contribution in [3.8, 4) is 0 Å². The fraction of sp³-hybridized carbons (Fsp3) is 0.889. The zero-order valence-corrected chi connectivity index (χ0v) is 8.76. The summed E-state index contributed by atoms with van der Waals surface area (Å²) >= 11 is 0. The molecule has 0 aliphatic carbocycles. The van der Waals surface area contributed by atoms with Crippen LogP contribution in [0.2, 0.25) is 0 Å². The number of halogens is 4. The van der Waals surface area contributed by atoms with Gasteiger partial charge in [0.15, 0.2) is 0 Å². The number of likely N-dealkylation sites (N-methyl/N-ethyl adjacent to an activating group) is 1. The Morgan fingerprint density at radius 1 is 1.56 bits per heavy atom. The number of hydrogen-bond donors (Lipinski definition) is 0. The molecule has 1 unspecified atom stereocenters. The third-order valence-electron chi connectivity index (χ3n) is 2.41. The summed E-state index contributed by atoms with van der Waals surface area (Å²) in [7, 11) is 1.07. The van der Waals surface area contributed by atoms with Crippen LogP contribution in [0.5, 0.6) is 0 Å². The Morgan fingerprint density at radius 3 is 2.62 bits per heavy atom. The summed E-state index contributed by atoms with van der Waals surface area (Å²) in [6, 6.07) is 0. The molecule has 1 heterocycles. The molecule has 0 N–H and O–H groups in total. The Morgan fingerprint density at radius 2 is 2.19 bits per heavy atom. The minimum Gasteiger partial charge on any atom is -0.376 e. The van der Waals surface area contributed by atoms with E-state index < -0.39 is 18.3 Å². The maximum atomic E-state index is 12.7. The summed E-state index contributed by atoms with van der Waals surface area (Å²) in [5, 5.41) is 0. The molecule has 1 saturated heterocycles. The SMILES string of the molecule is CN(CC1CCCO1)C(=O)C(F)(F)C(F)F. The molecule has 94 valence electrons. The largest absolute Gasteiger partial charge is 0.383 e. The Balaban J connectivity index is 2.52. The van der Waals surface area contributed by atoms with Crippen molar-refractivity contribution in [2.75, 3.05) is 20.2 Å². The normalized spacial score (nSPS) is 21.5. The summed E-state index contributed by atoms with van der Waals surface area (Å²) < 4.78 is 54.3. The van der Waals surface area contributed by atoms with Gasteiger partial charge in [-0.15, -0.1) is 0 Å². The van der Waals surface area contributed by atoms with Gasteiger partial charge in [-0.2, -0.15) is 8.78 Å². The monoisotopic (exact) mass is 243 g/mol. The van der Waals surface area contributed by atoms with Gasteiger partial charge in [0.25, 0.3) is 5.91 Å². The Kier molecular flexibility index (Phi) is 4.12. The molecule has 0 radical (unpaired) electrons. The molecule has 1 aliphatic heterocycles. The maximum absolute atomic E-state index is 12.7. The third kappa shape index (κ3) is 2.84. The van der Waals surface area contributed by atoms with Gasteiger partial charge in [-0.3, -0.25) is 4.79 Å². The smallest absolute Gasteiger partial charge is 0.376 e. The first-order chi connectivity index (χ1) is 7.35. The van der Waals surface area contributed by atoms with E-state index in [0.29, 0.717) is 17.9 Å². The van der Waals surface area contributed by atoms with Gasteiger partial charge in [-0.25, -0.2) is 8.78 Å². The number of amides is 1. The maximum Gasteiger partial charge on any atom is 0.383 e. The highest BCUT2D eigenvalue weighted by atomic mass is 19.3. The van der Waals surface area contributed by atoms with Gasteiger partial charge in [0.05, 0.1) is 6.10 Å². The molecular formula is C9H13F4NO2. The first kappa shape index (κ1) is 13.2. The van der Waals surface area contributed by atoms with Crippen LogP contribution in [0, 0.1) is 0 Å². The highest BCUT2D eigenvalue weighted by molar-refractivity contribution is 5.83. The van der Waals surface area contributed by atoms with Crippen LogP contribution in [0.3, 0.4) is 0 Å². The van der Waals surface area contributed by atoms with Crippen molar-refractivity contribution in [2.24, 2.45) is 0 Å². The average Bonchev–Trinajstić information content (AvgIpc) is 2.68. The van der Waals surface area contributed by atoms with Gasteiger partial charge in [0, 0.05) is 20.2 Å². The van der Waals surface area contributed by atoms with Gasteiger partial charge in [0.2, 0.25) is 0 Å². The van der Waals surface area contributed by atoms with E-state index in [1.165, 1.54) is 0 Å². The number of rotatable bonds is 4. The van der Waals surface area contributed by atoms with Crippen molar-refractivity contribution >= 4 is 5.91 Å². The van der Waals surface area contributed by atoms with Crippen molar-refractivity contribution in [3.63, 3.8) is 0 Å². The van der Waals surface area contributed by atoms with E-state index in [-0.39, 0.29) is 12.6 Å². The highest BCUT2D eigenvalue weighted by Gasteiger charge is 2.50. The van der Waals surface area contributed by atoms with Crippen LogP contribution >= 0.6 is 0 Å². The number of carbonyl (C=O) groups excluding carboxylic acids is 1. The summed E-state index contributed by atoms with van der Waals surface area (Å²) in [5.41, 5.74) is 0. The standard InChI is InChI=1S/C9H13F4NO2/c1-14(5-6-3-2-4-16-6)8(15)9(12,13)7(10)11/h6-7H,2-5H2,1H3. The minimum atomic E-state index is -4.62. The third-order valence-corrected chi connectivity index (χ3v) is 2.41. The lowest BCUT2D eigenvalue weighted by Crippen LogP contribution is -2.48. The second-order valence-electron chi connectivity index (χ2n) is 3.74. The molecule has 0 aromatic rings. The molecule has 0 aromatic carbocycles. The van der Waals surface area contributed by atoms with E-state index in [2.05, 4.69) is 0 Å². The molecule has 7 heteroatoms. The molecule has 16 heavy (non-hydrogen) atoms. The van der Waals surface area contributed by atoms with E-state index in [1.54, 1.807) is 0 Å². The average molecular weight is 243 g/mol. The van der Waals surface area contributed by atoms with Crippen LogP contribution in [0.1, 0.15) is 12.8 Å². The molecule has 1 atom stereocenters. The fourth-order valence-corrected chi connectivity index (χ4v) is 1.52. The highest BCUT2D eigenvalue weighted by Crippen LogP contribution is 2.25. The Bertz CT molecular complexity index is 254. The first-order valence-electron chi connectivity index (χ1n) is 4.89. The molecule has 0 aromatic heterocycles. The van der Waals surface area contributed by atoms with Crippen molar-refractivity contribution in [2.45, 2.75) is 31.3 Å². The molecule has 3 nitrogen and oxygen atoms in total. The summed E-state index contributed by atoms with van der Waals surface area (Å²) in [6.07, 6.45) is -2.87. The fourth-order valence-electron chi connectivity index (χ4n) is 1.52. The van der Waals surface area contributed by atoms with Gasteiger partial charge < -0.3 is 9.64 Å². The quantitative estimate of drug-likeness (QED) is 0.701. The van der Waals surface area contributed by atoms with Crippen molar-refractivity contribution in [3.05, 3.63) is 0 Å². The van der Waals surface area contributed by atoms with Crippen LogP contribution in [-0.2, 0) is 9.53 Å². The lowest BCUT2D eigenvalue weighted by atomic mass is 10.2. The summed E-state index contributed by atoms with van der Waals surface area (Å²) in [4.78, 5) is 11.6. The van der Waals surface area contributed by atoms with E-state index in [9.17, 15) is 22.4 Å². The number of carbonyl (C=O) groups is 1. The van der Waals surface area contributed by atoms with Crippen LogP contribution in [0.4, 0.5) is 17.6 Å². The van der Waals surface area contributed by atoms with Crippen LogP contribution in [0.25, 0.3) is 0 Å². The lowest BCUT2D eigenvalue weighted by molar-refractivity contribution is -0.180. The summed E-state index contributed by atoms with van der Waals surface area (Å²) in [6.45, 7) is 0.430. The van der Waals surface area contributed by atoms with Crippen molar-refractivity contribution < 1.29 is 27.1 Å². The summed E-state index contributed by atoms with van der Waals surface area (Å²) in [5.74, 6) is -6.48. The number of nitrogens with zero attached hydrogens (tertiary/aromatic N) is 1. The number of hydrogen-bond acceptors (Lipinski definition) is 2. The molecule has 1 amide bonds. The number of alkyl halides is 4. The molecule has 1 aliphatic rings. The molecule has 0 saturated carbocycles. The first-order valence-corrected chi connectivity index (χ1v) is 4.89. The van der Waals surface area contributed by atoms with Crippen molar-refractivity contribution in [1.82, 2.24) is 4.90 Å². The Hall–Kier alpha value is -0.850. The van der Waals surface area contributed by atoms with E-state index in [4.69, 9.17) is 4.74 Å². The van der Waals surface area contributed by atoms with Gasteiger partial charge in [0.1, 0.15) is 0 Å². The molecule has 0 spiro atoms. The Labute approximate surface area is 90.3 Å². The second-order valence-corrected chi connectivity index (χ2v) is 3.74. The minimum absolute atomic E-state index is 0.0822. The lowest BCUT2D eigenvalue weighted by Gasteiger charge is -2.24. The van der Waals surface area contributed by atoms with Crippen LogP contribution in [0.15, 0.2) is 0 Å². The zero-order valence-electron chi connectivity index (χ0n) is 8.76. The van der Waals surface area contributed by atoms with E-state index >= 15 is 0 Å². The van der Waals surface area contributed by atoms with Crippen molar-refractivity contribution in [1.29, 1.82) is 0 Å². The molecule has 1 rings (SSSR count). The van der Waals surface area contributed by atoms with Gasteiger partial charge in [-0.1, -0.05) is 0 Å². The van der Waals surface area contributed by atoms with Crippen LogP contribution in [-0.4, -0.2) is 49.5 Å². The van der Waals surface area contributed by atoms with E-state index in [0.717, 1.165) is 13.5 Å². The van der Waals surface area contributed by atoms with Crippen LogP contribution < -0.4 is 0 Å². The predicted molar refractivity (Wildman–Crippen MR) is 47.6 cm³/mol. The second kappa shape index (κ2) is 4.99. The zero-order chi connectivity index (χ0) is 12.3. The topological polar surface area (TPSA) is 29.5 Å². The molecule has 0 bridgehead atoms. The number of ether oxygens (including phenoxy) is 1. The predicted octanol–water partition coefficient (Wildman–Crippen LogP) is 1.52. The molecule has 1 fully saturated rings. The van der Waals surface area contributed by atoms with Gasteiger partial charge >= 0.3 is 12.3 Å². The van der Waals surface area contributed by atoms with Gasteiger partial charge in [-0.05, 0) is 12.8 Å².